The van der Waals surface area contributed by atoms with Crippen molar-refractivity contribution in [1.82, 2.24) is 4.90 Å². The molecule has 0 unspecified atom stereocenters. The van der Waals surface area contributed by atoms with Crippen LogP contribution in [0.1, 0.15) is 12.8 Å². The zero-order valence-corrected chi connectivity index (χ0v) is 11.1. The van der Waals surface area contributed by atoms with E-state index in [-0.39, 0.29) is 11.7 Å². The average molecular weight is 289 g/mol. The third kappa shape index (κ3) is 4.92. The summed E-state index contributed by atoms with van der Waals surface area (Å²) in [6.07, 6.45) is -2.49. The summed E-state index contributed by atoms with van der Waals surface area (Å²) in [7, 11) is 0. The highest BCUT2D eigenvalue weighted by Crippen LogP contribution is 2.23. The average Bonchev–Trinajstić information content (AvgIpc) is 2.36. The van der Waals surface area contributed by atoms with Crippen LogP contribution < -0.4 is 4.74 Å². The molecule has 0 bridgehead atoms. The van der Waals surface area contributed by atoms with Crippen molar-refractivity contribution in [2.75, 3.05) is 26.2 Å². The number of halogens is 3. The van der Waals surface area contributed by atoms with Crippen LogP contribution in [-0.4, -0.2) is 42.4 Å². The van der Waals surface area contributed by atoms with Crippen molar-refractivity contribution in [1.29, 1.82) is 0 Å². The van der Waals surface area contributed by atoms with Crippen LogP contribution in [0.4, 0.5) is 13.2 Å². The molecule has 2 rings (SSSR count). The lowest BCUT2D eigenvalue weighted by molar-refractivity contribution is -0.149. The zero-order valence-electron chi connectivity index (χ0n) is 11.1. The number of ether oxygens (including phenoxy) is 1. The second-order valence-electron chi connectivity index (χ2n) is 5.16. The van der Waals surface area contributed by atoms with Crippen molar-refractivity contribution in [3.05, 3.63) is 24.3 Å². The van der Waals surface area contributed by atoms with Crippen LogP contribution in [0.25, 0.3) is 0 Å². The number of alkyl halides is 3. The second-order valence-corrected chi connectivity index (χ2v) is 5.16. The highest BCUT2D eigenvalue weighted by atomic mass is 19.4. The molecule has 3 nitrogen and oxygen atoms in total. The Bertz CT molecular complexity index is 419. The molecule has 1 N–H and O–H groups in total. The van der Waals surface area contributed by atoms with Crippen LogP contribution in [0, 0.1) is 5.92 Å². The first-order valence-electron chi connectivity index (χ1n) is 6.63. The third-order valence-corrected chi connectivity index (χ3v) is 3.33. The predicted octanol–water partition coefficient (Wildman–Crippen LogP) is 3.05. The lowest BCUT2D eigenvalue weighted by atomic mass is 9.99. The van der Waals surface area contributed by atoms with Crippen molar-refractivity contribution in [2.45, 2.75) is 19.0 Å². The summed E-state index contributed by atoms with van der Waals surface area (Å²) >= 11 is 0. The van der Waals surface area contributed by atoms with Crippen LogP contribution in [0.2, 0.25) is 0 Å². The molecule has 1 fully saturated rings. The summed E-state index contributed by atoms with van der Waals surface area (Å²) < 4.78 is 42.6. The Morgan fingerprint density at radius 2 is 1.95 bits per heavy atom. The minimum atomic E-state index is -4.14. The van der Waals surface area contributed by atoms with E-state index in [4.69, 9.17) is 9.84 Å². The van der Waals surface area contributed by atoms with Gasteiger partial charge in [0.2, 0.25) is 0 Å². The number of likely N-dealkylation sites (tertiary alicyclic amines) is 1. The van der Waals surface area contributed by atoms with E-state index in [2.05, 4.69) is 0 Å². The minimum absolute atomic E-state index is 0.111. The molecule has 1 aliphatic heterocycles. The standard InChI is InChI=1S/C14H18F3NO2/c15-14(16,17)10-18-7-1-2-11(8-18)9-20-13-5-3-12(19)4-6-13/h3-6,11,19H,1-2,7-10H2/t11-/m1/s1. The zero-order chi connectivity index (χ0) is 14.6. The Labute approximate surface area is 116 Å². The smallest absolute Gasteiger partial charge is 0.401 e. The first kappa shape index (κ1) is 15.0. The van der Waals surface area contributed by atoms with Crippen LogP contribution in [-0.2, 0) is 0 Å². The van der Waals surface area contributed by atoms with Gasteiger partial charge in [-0.15, -0.1) is 0 Å². The molecule has 0 aromatic heterocycles. The van der Waals surface area contributed by atoms with Crippen LogP contribution in [0.5, 0.6) is 11.5 Å². The molecule has 0 saturated carbocycles. The Morgan fingerprint density at radius 3 is 2.60 bits per heavy atom. The molecule has 0 spiro atoms. The molecule has 1 heterocycles. The molecule has 0 amide bonds. The summed E-state index contributed by atoms with van der Waals surface area (Å²) in [4.78, 5) is 1.44. The normalized spacial score (nSPS) is 20.9. The molecular formula is C14H18F3NO2. The van der Waals surface area contributed by atoms with E-state index in [9.17, 15) is 13.2 Å². The summed E-state index contributed by atoms with van der Waals surface area (Å²) in [6, 6.07) is 6.33. The lowest BCUT2D eigenvalue weighted by Crippen LogP contribution is -2.42. The quantitative estimate of drug-likeness (QED) is 0.924. The maximum absolute atomic E-state index is 12.4. The molecule has 1 aromatic carbocycles. The van der Waals surface area contributed by atoms with Gasteiger partial charge < -0.3 is 9.84 Å². The van der Waals surface area contributed by atoms with E-state index in [1.54, 1.807) is 12.1 Å². The topological polar surface area (TPSA) is 32.7 Å². The minimum Gasteiger partial charge on any atom is -0.508 e. The van der Waals surface area contributed by atoms with Gasteiger partial charge in [0, 0.05) is 12.5 Å². The number of piperidine rings is 1. The van der Waals surface area contributed by atoms with E-state index < -0.39 is 12.7 Å². The Kier molecular flexibility index (Phi) is 4.75. The van der Waals surface area contributed by atoms with Crippen LogP contribution in [0.3, 0.4) is 0 Å². The highest BCUT2D eigenvalue weighted by Gasteiger charge is 2.33. The van der Waals surface area contributed by atoms with E-state index in [0.29, 0.717) is 25.4 Å². The Morgan fingerprint density at radius 1 is 1.25 bits per heavy atom. The summed E-state index contributed by atoms with van der Waals surface area (Å²) in [5, 5.41) is 9.15. The fourth-order valence-electron chi connectivity index (χ4n) is 2.44. The van der Waals surface area contributed by atoms with E-state index in [1.807, 2.05) is 0 Å². The van der Waals surface area contributed by atoms with E-state index in [0.717, 1.165) is 12.8 Å². The first-order chi connectivity index (χ1) is 9.42. The molecule has 0 radical (unpaired) electrons. The molecule has 20 heavy (non-hydrogen) atoms. The van der Waals surface area contributed by atoms with Gasteiger partial charge in [-0.25, -0.2) is 0 Å². The fourth-order valence-corrected chi connectivity index (χ4v) is 2.44. The van der Waals surface area contributed by atoms with Gasteiger partial charge >= 0.3 is 6.18 Å². The largest absolute Gasteiger partial charge is 0.508 e. The summed E-state index contributed by atoms with van der Waals surface area (Å²) in [5.41, 5.74) is 0. The number of hydrogen-bond donors (Lipinski definition) is 1. The van der Waals surface area contributed by atoms with Gasteiger partial charge in [0.15, 0.2) is 0 Å². The number of rotatable bonds is 4. The predicted molar refractivity (Wildman–Crippen MR) is 68.8 cm³/mol. The molecule has 6 heteroatoms. The van der Waals surface area contributed by atoms with Gasteiger partial charge in [-0.05, 0) is 43.7 Å². The summed E-state index contributed by atoms with van der Waals surface area (Å²) in [5.74, 6) is 0.891. The molecule has 0 aliphatic carbocycles. The number of aromatic hydroxyl groups is 1. The van der Waals surface area contributed by atoms with Crippen LogP contribution >= 0.6 is 0 Å². The molecular weight excluding hydrogens is 271 g/mol. The molecule has 112 valence electrons. The Balaban J connectivity index is 1.79. The SMILES string of the molecule is Oc1ccc(OC[C@@H]2CCCN(CC(F)(F)F)C2)cc1. The van der Waals surface area contributed by atoms with Gasteiger partial charge in [0.25, 0.3) is 0 Å². The monoisotopic (exact) mass is 289 g/mol. The number of phenolic OH excluding ortho intramolecular Hbond substituents is 1. The van der Waals surface area contributed by atoms with Gasteiger partial charge in [-0.3, -0.25) is 4.90 Å². The number of nitrogens with zero attached hydrogens (tertiary/aromatic N) is 1. The summed E-state index contributed by atoms with van der Waals surface area (Å²) in [6.45, 7) is 0.467. The van der Waals surface area contributed by atoms with E-state index >= 15 is 0 Å². The third-order valence-electron chi connectivity index (χ3n) is 3.33. The van der Waals surface area contributed by atoms with E-state index in [1.165, 1.54) is 17.0 Å². The van der Waals surface area contributed by atoms with Crippen molar-refractivity contribution in [2.24, 2.45) is 5.92 Å². The van der Waals surface area contributed by atoms with Crippen LogP contribution in [0.15, 0.2) is 24.3 Å². The molecule has 1 aromatic rings. The van der Waals surface area contributed by atoms with Gasteiger partial charge in [0.1, 0.15) is 11.5 Å². The fraction of sp³-hybridized carbons (Fsp3) is 0.571. The van der Waals surface area contributed by atoms with Gasteiger partial charge in [-0.2, -0.15) is 13.2 Å². The molecule has 1 aliphatic rings. The number of phenols is 1. The molecule has 1 saturated heterocycles. The van der Waals surface area contributed by atoms with Crippen molar-refractivity contribution >= 4 is 0 Å². The van der Waals surface area contributed by atoms with Crippen molar-refractivity contribution < 1.29 is 23.0 Å². The van der Waals surface area contributed by atoms with Gasteiger partial charge in [-0.1, -0.05) is 0 Å². The molecule has 1 atom stereocenters. The maximum atomic E-state index is 12.4. The number of hydrogen-bond acceptors (Lipinski definition) is 3. The van der Waals surface area contributed by atoms with Crippen molar-refractivity contribution in [3.63, 3.8) is 0 Å². The van der Waals surface area contributed by atoms with Crippen molar-refractivity contribution in [3.8, 4) is 11.5 Å². The number of benzene rings is 1. The maximum Gasteiger partial charge on any atom is 0.401 e. The lowest BCUT2D eigenvalue weighted by Gasteiger charge is -2.32. The first-order valence-corrected chi connectivity index (χ1v) is 6.63. The Hall–Kier alpha value is -1.43. The second kappa shape index (κ2) is 6.35. The highest BCUT2D eigenvalue weighted by molar-refractivity contribution is 5.30. The van der Waals surface area contributed by atoms with Gasteiger partial charge in [0.05, 0.1) is 13.2 Å².